The van der Waals surface area contributed by atoms with Crippen molar-refractivity contribution in [2.45, 2.75) is 20.3 Å². The first kappa shape index (κ1) is 6.47. The summed E-state index contributed by atoms with van der Waals surface area (Å²) in [4.78, 5) is 0. The second kappa shape index (κ2) is 2.77. The van der Waals surface area contributed by atoms with Crippen LogP contribution in [-0.2, 0) is 0 Å². The molecule has 48 valence electrons. The molecule has 0 radical (unpaired) electrons. The maximum Gasteiger partial charge on any atom is -0.00363 e. The third kappa shape index (κ3) is 1.19. The maximum absolute atomic E-state index is 2.37. The van der Waals surface area contributed by atoms with Gasteiger partial charge < -0.3 is 0 Å². The van der Waals surface area contributed by atoms with Gasteiger partial charge in [-0.05, 0) is 23.3 Å². The van der Waals surface area contributed by atoms with Gasteiger partial charge in [0.05, 0.1) is 0 Å². The molecule has 1 rings (SSSR count). The summed E-state index contributed by atoms with van der Waals surface area (Å²) in [5.41, 5.74) is 0. The molecular formula is C7H14S. The smallest absolute Gasteiger partial charge is 0.00363 e. The van der Waals surface area contributed by atoms with Crippen molar-refractivity contribution < 1.29 is 0 Å². The monoisotopic (exact) mass is 130 g/mol. The van der Waals surface area contributed by atoms with E-state index in [1.54, 1.807) is 0 Å². The Morgan fingerprint density at radius 2 is 2.25 bits per heavy atom. The zero-order valence-electron chi connectivity index (χ0n) is 5.68. The molecule has 8 heavy (non-hydrogen) atoms. The summed E-state index contributed by atoms with van der Waals surface area (Å²) in [6.45, 7) is 4.67. The molecule has 0 bridgehead atoms. The molecule has 1 fully saturated rings. The molecule has 0 nitrogen and oxygen atoms in total. The van der Waals surface area contributed by atoms with Crippen molar-refractivity contribution >= 4 is 11.8 Å². The molecule has 1 heteroatoms. The second-order valence-electron chi connectivity index (χ2n) is 2.68. The highest BCUT2D eigenvalue weighted by molar-refractivity contribution is 7.99. The second-order valence-corrected chi connectivity index (χ2v) is 3.76. The maximum atomic E-state index is 2.37. The summed E-state index contributed by atoms with van der Waals surface area (Å²) in [7, 11) is 0. The highest BCUT2D eigenvalue weighted by Crippen LogP contribution is 2.31. The molecule has 1 aliphatic rings. The summed E-state index contributed by atoms with van der Waals surface area (Å²) in [5, 5.41) is 0. The van der Waals surface area contributed by atoms with Crippen LogP contribution < -0.4 is 0 Å². The van der Waals surface area contributed by atoms with Crippen molar-refractivity contribution in [1.82, 2.24) is 0 Å². The fraction of sp³-hybridized carbons (Fsp3) is 1.00. The largest absolute Gasteiger partial charge is 0.161 e. The molecule has 1 aliphatic heterocycles. The predicted molar refractivity (Wildman–Crippen MR) is 40.3 cm³/mol. The molecule has 2 atom stereocenters. The quantitative estimate of drug-likeness (QED) is 0.525. The van der Waals surface area contributed by atoms with E-state index in [4.69, 9.17) is 0 Å². The lowest BCUT2D eigenvalue weighted by atomic mass is 9.96. The number of hydrogen-bond acceptors (Lipinski definition) is 1. The number of hydrogen-bond donors (Lipinski definition) is 0. The summed E-state index contributed by atoms with van der Waals surface area (Å²) < 4.78 is 0. The van der Waals surface area contributed by atoms with Gasteiger partial charge in [0.15, 0.2) is 0 Å². The molecule has 0 aromatic heterocycles. The van der Waals surface area contributed by atoms with E-state index in [0.29, 0.717) is 0 Å². The topological polar surface area (TPSA) is 0 Å². The van der Waals surface area contributed by atoms with Crippen molar-refractivity contribution in [3.8, 4) is 0 Å². The molecule has 2 unspecified atom stereocenters. The first-order valence-electron chi connectivity index (χ1n) is 3.42. The van der Waals surface area contributed by atoms with Crippen molar-refractivity contribution in [3.63, 3.8) is 0 Å². The molecular weight excluding hydrogens is 116 g/mol. The van der Waals surface area contributed by atoms with Crippen LogP contribution in [0.4, 0.5) is 0 Å². The number of rotatable bonds is 1. The summed E-state index contributed by atoms with van der Waals surface area (Å²) in [6, 6.07) is 0. The van der Waals surface area contributed by atoms with E-state index in [1.165, 1.54) is 17.9 Å². The van der Waals surface area contributed by atoms with Crippen LogP contribution in [0.3, 0.4) is 0 Å². The van der Waals surface area contributed by atoms with Crippen LogP contribution in [0.25, 0.3) is 0 Å². The highest BCUT2D eigenvalue weighted by Gasteiger charge is 2.21. The zero-order valence-corrected chi connectivity index (χ0v) is 6.50. The molecule has 0 aromatic carbocycles. The predicted octanol–water partition coefficient (Wildman–Crippen LogP) is 2.40. The molecule has 0 spiro atoms. The van der Waals surface area contributed by atoms with E-state index in [1.807, 2.05) is 0 Å². The van der Waals surface area contributed by atoms with E-state index in [0.717, 1.165) is 11.8 Å². The highest BCUT2D eigenvalue weighted by atomic mass is 32.2. The fourth-order valence-corrected chi connectivity index (χ4v) is 2.87. The Labute approximate surface area is 56.0 Å². The van der Waals surface area contributed by atoms with Crippen LogP contribution in [0.2, 0.25) is 0 Å². The van der Waals surface area contributed by atoms with Gasteiger partial charge in [-0.25, -0.2) is 0 Å². The van der Waals surface area contributed by atoms with E-state index in [-0.39, 0.29) is 0 Å². The Hall–Kier alpha value is 0.350. The lowest BCUT2D eigenvalue weighted by Gasteiger charge is -2.09. The van der Waals surface area contributed by atoms with E-state index in [9.17, 15) is 0 Å². The lowest BCUT2D eigenvalue weighted by molar-refractivity contribution is 0.440. The molecule has 0 aliphatic carbocycles. The van der Waals surface area contributed by atoms with Crippen LogP contribution in [0, 0.1) is 11.8 Å². The third-order valence-corrected chi connectivity index (χ3v) is 3.47. The molecule has 0 saturated carbocycles. The van der Waals surface area contributed by atoms with E-state index < -0.39 is 0 Å². The third-order valence-electron chi connectivity index (χ3n) is 2.04. The Kier molecular flexibility index (Phi) is 2.24. The molecule has 0 N–H and O–H groups in total. The van der Waals surface area contributed by atoms with Crippen LogP contribution in [0.5, 0.6) is 0 Å². The Morgan fingerprint density at radius 1 is 1.50 bits per heavy atom. The van der Waals surface area contributed by atoms with Gasteiger partial charge in [0.25, 0.3) is 0 Å². The lowest BCUT2D eigenvalue weighted by Crippen LogP contribution is -2.05. The van der Waals surface area contributed by atoms with Crippen molar-refractivity contribution in [3.05, 3.63) is 0 Å². The van der Waals surface area contributed by atoms with Crippen LogP contribution in [0.15, 0.2) is 0 Å². The van der Waals surface area contributed by atoms with Gasteiger partial charge in [-0.3, -0.25) is 0 Å². The molecule has 1 heterocycles. The van der Waals surface area contributed by atoms with Crippen molar-refractivity contribution in [2.75, 3.05) is 11.5 Å². The van der Waals surface area contributed by atoms with Crippen LogP contribution in [-0.4, -0.2) is 11.5 Å². The minimum absolute atomic E-state index is 0.991. The van der Waals surface area contributed by atoms with Crippen LogP contribution in [0.1, 0.15) is 20.3 Å². The van der Waals surface area contributed by atoms with E-state index >= 15 is 0 Å². The van der Waals surface area contributed by atoms with Gasteiger partial charge in [-0.15, -0.1) is 0 Å². The molecule has 0 aromatic rings. The Balaban J connectivity index is 2.30. The van der Waals surface area contributed by atoms with Gasteiger partial charge in [0.1, 0.15) is 0 Å². The first-order chi connectivity index (χ1) is 3.84. The Morgan fingerprint density at radius 3 is 2.50 bits per heavy atom. The normalized spacial score (nSPS) is 38.2. The summed E-state index contributed by atoms with van der Waals surface area (Å²) in [6.07, 6.45) is 1.38. The molecule has 0 amide bonds. The zero-order chi connectivity index (χ0) is 5.98. The van der Waals surface area contributed by atoms with Gasteiger partial charge in [0.2, 0.25) is 0 Å². The average molecular weight is 130 g/mol. The SMILES string of the molecule is CCC1CSCC1C. The summed E-state index contributed by atoms with van der Waals surface area (Å²) >= 11 is 2.11. The average Bonchev–Trinajstić information content (AvgIpc) is 2.14. The van der Waals surface area contributed by atoms with Gasteiger partial charge in [-0.1, -0.05) is 20.3 Å². The fourth-order valence-electron chi connectivity index (χ4n) is 1.23. The molecule has 1 saturated heterocycles. The first-order valence-corrected chi connectivity index (χ1v) is 4.57. The van der Waals surface area contributed by atoms with Gasteiger partial charge >= 0.3 is 0 Å². The Bertz CT molecular complexity index is 70.8. The van der Waals surface area contributed by atoms with Crippen molar-refractivity contribution in [1.29, 1.82) is 0 Å². The van der Waals surface area contributed by atoms with Gasteiger partial charge in [-0.2, -0.15) is 11.8 Å². The number of thioether (sulfide) groups is 1. The summed E-state index contributed by atoms with van der Waals surface area (Å²) in [5.74, 6) is 4.83. The van der Waals surface area contributed by atoms with Crippen LogP contribution >= 0.6 is 11.8 Å². The standard InChI is InChI=1S/C7H14S/c1-3-7-5-8-4-6(7)2/h6-7H,3-5H2,1-2H3. The van der Waals surface area contributed by atoms with Gasteiger partial charge in [0, 0.05) is 0 Å². The minimum atomic E-state index is 0.991. The van der Waals surface area contributed by atoms with E-state index in [2.05, 4.69) is 25.6 Å². The van der Waals surface area contributed by atoms with Crippen molar-refractivity contribution in [2.24, 2.45) is 11.8 Å². The minimum Gasteiger partial charge on any atom is -0.161 e.